The SMILES string of the molecule is [C-]#[N+]c1ccc(-c2nc3c(nc2-c2ccc([N+]#[C-])cc2)N(c2cccc4ccccc24)c2nc4cc(-c5ccc(C#N)cc5)c(-c5ccc(C#N)cc5)cc4nc2N3c2cccc3ccccc23)cc1. The van der Waals surface area contributed by atoms with E-state index in [0.717, 1.165) is 66.3 Å². The first-order valence-electron chi connectivity index (χ1n) is 22.3. The molecule has 0 bridgehead atoms. The van der Waals surface area contributed by atoms with E-state index in [1.807, 2.05) is 97.1 Å². The Morgan fingerprint density at radius 1 is 0.386 bits per heavy atom. The van der Waals surface area contributed by atoms with Crippen molar-refractivity contribution in [1.82, 2.24) is 19.9 Å². The van der Waals surface area contributed by atoms with Crippen molar-refractivity contribution in [2.24, 2.45) is 0 Å². The van der Waals surface area contributed by atoms with Gasteiger partial charge in [-0.2, -0.15) is 10.5 Å². The Labute approximate surface area is 402 Å². The van der Waals surface area contributed by atoms with Crippen LogP contribution in [-0.2, 0) is 0 Å². The summed E-state index contributed by atoms with van der Waals surface area (Å²) in [4.78, 5) is 34.1. The normalized spacial score (nSPS) is 11.6. The Balaban J connectivity index is 1.22. The van der Waals surface area contributed by atoms with Gasteiger partial charge in [0, 0.05) is 10.8 Å². The Hall–Kier alpha value is -10.5. The monoisotopic (exact) mass is 892 g/mol. The second-order valence-corrected chi connectivity index (χ2v) is 16.7. The lowest BCUT2D eigenvalue weighted by Crippen LogP contribution is -2.28. The number of hydrogen-bond donors (Lipinski definition) is 0. The molecule has 10 nitrogen and oxygen atoms in total. The third-order valence-corrected chi connectivity index (χ3v) is 12.7. The molecule has 0 radical (unpaired) electrons. The average Bonchev–Trinajstić information content (AvgIpc) is 3.43. The zero-order chi connectivity index (χ0) is 47.3. The number of nitrogens with zero attached hydrogens (tertiary/aromatic N) is 10. The van der Waals surface area contributed by atoms with Crippen LogP contribution < -0.4 is 9.80 Å². The smallest absolute Gasteiger partial charge is 0.187 e. The molecule has 1 aliphatic rings. The standard InChI is InChI=1S/C60H32N10/c1-63-45-29-25-43(26-30-45)55-56(44-27-31-46(64-2)32-28-44)68-60-59(67-55)69(53-15-7-11-39-9-3-5-13-47(39)53)57-58(70(60)54-16-8-12-40-10-4-6-14-48(40)54)66-52-34-50(42-23-19-38(36-62)20-24-42)49(33-51(52)65-57)41-21-17-37(35-61)18-22-41/h3-34H. The Bertz CT molecular complexity index is 3820. The summed E-state index contributed by atoms with van der Waals surface area (Å²) < 4.78 is 0. The van der Waals surface area contributed by atoms with Gasteiger partial charge in [0.1, 0.15) is 0 Å². The number of rotatable bonds is 6. The summed E-state index contributed by atoms with van der Waals surface area (Å²) in [6.07, 6.45) is 0. The van der Waals surface area contributed by atoms with Gasteiger partial charge < -0.3 is 0 Å². The van der Waals surface area contributed by atoms with Gasteiger partial charge in [0.2, 0.25) is 0 Å². The molecular weight excluding hydrogens is 861 g/mol. The number of hydrogen-bond acceptors (Lipinski definition) is 8. The van der Waals surface area contributed by atoms with Gasteiger partial charge in [0.05, 0.1) is 70.2 Å². The molecule has 0 saturated heterocycles. The van der Waals surface area contributed by atoms with Crippen molar-refractivity contribution in [2.45, 2.75) is 0 Å². The van der Waals surface area contributed by atoms with Crippen molar-refractivity contribution in [3.05, 3.63) is 228 Å². The van der Waals surface area contributed by atoms with Crippen molar-refractivity contribution < 1.29 is 0 Å². The zero-order valence-electron chi connectivity index (χ0n) is 36.9. The van der Waals surface area contributed by atoms with Crippen LogP contribution in [0.2, 0.25) is 0 Å². The summed E-state index contributed by atoms with van der Waals surface area (Å²) in [6, 6.07) is 67.0. The van der Waals surface area contributed by atoms with Crippen LogP contribution in [0.15, 0.2) is 194 Å². The number of fused-ring (bicyclic) bond motifs is 5. The molecule has 0 spiro atoms. The average molecular weight is 893 g/mol. The second-order valence-electron chi connectivity index (χ2n) is 16.7. The maximum Gasteiger partial charge on any atom is 0.187 e. The molecule has 0 fully saturated rings. The maximum atomic E-state index is 9.71. The quantitative estimate of drug-likeness (QED) is 0.152. The van der Waals surface area contributed by atoms with Crippen LogP contribution in [0.4, 0.5) is 46.0 Å². The molecule has 12 rings (SSSR count). The van der Waals surface area contributed by atoms with Crippen molar-refractivity contribution >= 4 is 78.6 Å². The number of aromatic nitrogens is 4. The summed E-state index contributed by atoms with van der Waals surface area (Å²) in [5.74, 6) is 2.02. The molecule has 70 heavy (non-hydrogen) atoms. The number of anilines is 6. The number of nitriles is 2. The first-order valence-corrected chi connectivity index (χ1v) is 22.3. The lowest BCUT2D eigenvalue weighted by molar-refractivity contribution is 1.01. The molecule has 0 saturated carbocycles. The molecule has 0 N–H and O–H groups in total. The molecule has 0 atom stereocenters. The fourth-order valence-electron chi connectivity index (χ4n) is 9.28. The predicted molar refractivity (Wildman–Crippen MR) is 277 cm³/mol. The lowest BCUT2D eigenvalue weighted by atomic mass is 9.93. The molecule has 0 aliphatic carbocycles. The Morgan fingerprint density at radius 2 is 0.743 bits per heavy atom. The van der Waals surface area contributed by atoms with Crippen molar-refractivity contribution in [1.29, 1.82) is 10.5 Å². The molecule has 322 valence electrons. The second kappa shape index (κ2) is 16.7. The van der Waals surface area contributed by atoms with Gasteiger partial charge in [0.15, 0.2) is 34.6 Å². The van der Waals surface area contributed by atoms with Gasteiger partial charge in [-0.25, -0.2) is 29.6 Å². The molecule has 0 unspecified atom stereocenters. The molecule has 11 aromatic rings. The third-order valence-electron chi connectivity index (χ3n) is 12.7. The van der Waals surface area contributed by atoms with Gasteiger partial charge in [-0.15, -0.1) is 0 Å². The van der Waals surface area contributed by atoms with Gasteiger partial charge in [0.25, 0.3) is 0 Å². The first kappa shape index (κ1) is 40.9. The van der Waals surface area contributed by atoms with Gasteiger partial charge >= 0.3 is 0 Å². The highest BCUT2D eigenvalue weighted by molar-refractivity contribution is 6.09. The number of benzene rings is 9. The van der Waals surface area contributed by atoms with Crippen LogP contribution in [0.3, 0.4) is 0 Å². The summed E-state index contributed by atoms with van der Waals surface area (Å²) in [7, 11) is 0. The maximum absolute atomic E-state index is 9.71. The van der Waals surface area contributed by atoms with Crippen molar-refractivity contribution in [3.63, 3.8) is 0 Å². The van der Waals surface area contributed by atoms with Gasteiger partial charge in [-0.05, 0) is 92.7 Å². The van der Waals surface area contributed by atoms with Crippen molar-refractivity contribution in [2.75, 3.05) is 9.80 Å². The molecule has 0 amide bonds. The van der Waals surface area contributed by atoms with Gasteiger partial charge in [-0.1, -0.05) is 146 Å². The van der Waals surface area contributed by atoms with E-state index in [-0.39, 0.29) is 0 Å². The van der Waals surface area contributed by atoms with Gasteiger partial charge in [-0.3, -0.25) is 9.80 Å². The minimum absolute atomic E-state index is 0.496. The summed E-state index contributed by atoms with van der Waals surface area (Å²) in [5.41, 5.74) is 11.1. The van der Waals surface area contributed by atoms with Crippen LogP contribution in [0.25, 0.3) is 87.0 Å². The molecule has 1 aliphatic heterocycles. The first-order chi connectivity index (χ1) is 34.5. The topological polar surface area (TPSA) is 114 Å². The van der Waals surface area contributed by atoms with E-state index < -0.39 is 0 Å². The van der Waals surface area contributed by atoms with Crippen LogP contribution in [0.1, 0.15) is 11.1 Å². The van der Waals surface area contributed by atoms with E-state index in [1.54, 1.807) is 48.5 Å². The fraction of sp³-hybridized carbons (Fsp3) is 0. The highest BCUT2D eigenvalue weighted by atomic mass is 15.4. The van der Waals surface area contributed by atoms with Crippen molar-refractivity contribution in [3.8, 4) is 56.9 Å². The van der Waals surface area contributed by atoms with Crippen LogP contribution in [-0.4, -0.2) is 19.9 Å². The molecular formula is C60H32N10. The molecule has 3 heterocycles. The fourth-order valence-corrected chi connectivity index (χ4v) is 9.28. The van der Waals surface area contributed by atoms with E-state index in [0.29, 0.717) is 68.2 Å². The minimum atomic E-state index is 0.496. The minimum Gasteiger partial charge on any atom is -0.272 e. The van der Waals surface area contributed by atoms with E-state index in [2.05, 4.69) is 80.2 Å². The van der Waals surface area contributed by atoms with Crippen LogP contribution >= 0.6 is 0 Å². The zero-order valence-corrected chi connectivity index (χ0v) is 36.9. The van der Waals surface area contributed by atoms with E-state index in [4.69, 9.17) is 33.1 Å². The summed E-state index contributed by atoms with van der Waals surface area (Å²) in [5, 5.41) is 23.4. The van der Waals surface area contributed by atoms with Crippen LogP contribution in [0, 0.1) is 35.8 Å². The summed E-state index contributed by atoms with van der Waals surface area (Å²) >= 11 is 0. The highest BCUT2D eigenvalue weighted by Gasteiger charge is 2.39. The highest BCUT2D eigenvalue weighted by Crippen LogP contribution is 2.55. The van der Waals surface area contributed by atoms with E-state index in [9.17, 15) is 10.5 Å². The Morgan fingerprint density at radius 3 is 1.13 bits per heavy atom. The lowest BCUT2D eigenvalue weighted by Gasteiger charge is -2.38. The molecule has 2 aromatic heterocycles. The third kappa shape index (κ3) is 6.86. The molecule has 9 aromatic carbocycles. The Kier molecular flexibility index (Phi) is 9.78. The van der Waals surface area contributed by atoms with Crippen LogP contribution in [0.5, 0.6) is 0 Å². The molecule has 10 heteroatoms. The largest absolute Gasteiger partial charge is 0.272 e. The predicted octanol–water partition coefficient (Wildman–Crippen LogP) is 15.5. The van der Waals surface area contributed by atoms with E-state index >= 15 is 0 Å². The summed E-state index contributed by atoms with van der Waals surface area (Å²) in [6.45, 7) is 15.4. The van der Waals surface area contributed by atoms with E-state index in [1.165, 1.54) is 0 Å².